The van der Waals surface area contributed by atoms with Gasteiger partial charge in [-0.05, 0) is 36.8 Å². The predicted molar refractivity (Wildman–Crippen MR) is 109 cm³/mol. The van der Waals surface area contributed by atoms with Crippen LogP contribution in [0.5, 0.6) is 5.75 Å². The lowest BCUT2D eigenvalue weighted by molar-refractivity contribution is 0.475. The van der Waals surface area contributed by atoms with Crippen molar-refractivity contribution < 1.29 is 13.5 Å². The zero-order valence-electron chi connectivity index (χ0n) is 14.9. The molecule has 0 unspecified atom stereocenters. The number of hydrogen-bond donors (Lipinski definition) is 1. The standard InChI is InChI=1S/C20H17BN2O3S/c1-13-2-8-17(9-3-13)27(25,26)23-12-19(14-4-6-16(24)7-5-14)18-10-15(21)11-22-20(18)23/h2-12,24H,21H2,1H3. The molecule has 27 heavy (non-hydrogen) atoms. The molecule has 4 aromatic rings. The van der Waals surface area contributed by atoms with Gasteiger partial charge in [0.1, 0.15) is 13.6 Å². The summed E-state index contributed by atoms with van der Waals surface area (Å²) in [5.74, 6) is 0.157. The predicted octanol–water partition coefficient (Wildman–Crippen LogP) is 2.21. The smallest absolute Gasteiger partial charge is 0.269 e. The molecular formula is C20H17BN2O3S. The molecule has 0 aliphatic rings. The highest BCUT2D eigenvalue weighted by atomic mass is 32.2. The average molecular weight is 376 g/mol. The molecule has 7 heteroatoms. The lowest BCUT2D eigenvalue weighted by Crippen LogP contribution is -2.13. The van der Waals surface area contributed by atoms with Crippen molar-refractivity contribution in [3.05, 3.63) is 72.6 Å². The number of nitrogens with zero attached hydrogens (tertiary/aromatic N) is 2. The van der Waals surface area contributed by atoms with E-state index < -0.39 is 10.0 Å². The van der Waals surface area contributed by atoms with Crippen LogP contribution in [0.3, 0.4) is 0 Å². The van der Waals surface area contributed by atoms with Gasteiger partial charge in [0, 0.05) is 23.3 Å². The summed E-state index contributed by atoms with van der Waals surface area (Å²) in [6.45, 7) is 1.91. The molecule has 0 aliphatic carbocycles. The van der Waals surface area contributed by atoms with E-state index >= 15 is 0 Å². The van der Waals surface area contributed by atoms with Gasteiger partial charge in [-0.15, -0.1) is 0 Å². The first kappa shape index (κ1) is 17.4. The minimum absolute atomic E-state index is 0.157. The maximum atomic E-state index is 13.2. The Kier molecular flexibility index (Phi) is 4.04. The Morgan fingerprint density at radius 1 is 1.04 bits per heavy atom. The monoisotopic (exact) mass is 376 g/mol. The van der Waals surface area contributed by atoms with Crippen molar-refractivity contribution >= 4 is 34.4 Å². The third-order valence-electron chi connectivity index (χ3n) is 4.50. The van der Waals surface area contributed by atoms with Crippen LogP contribution >= 0.6 is 0 Å². The van der Waals surface area contributed by atoms with E-state index in [1.54, 1.807) is 60.9 Å². The number of benzene rings is 2. The Labute approximate surface area is 158 Å². The largest absolute Gasteiger partial charge is 0.508 e. The van der Waals surface area contributed by atoms with Gasteiger partial charge < -0.3 is 5.11 Å². The van der Waals surface area contributed by atoms with Crippen molar-refractivity contribution in [3.8, 4) is 16.9 Å². The van der Waals surface area contributed by atoms with E-state index in [4.69, 9.17) is 0 Å². The molecule has 0 saturated heterocycles. The van der Waals surface area contributed by atoms with Gasteiger partial charge in [0.25, 0.3) is 10.0 Å². The lowest BCUT2D eigenvalue weighted by Gasteiger charge is -2.07. The van der Waals surface area contributed by atoms with E-state index in [9.17, 15) is 13.5 Å². The molecule has 0 fully saturated rings. The van der Waals surface area contributed by atoms with Crippen molar-refractivity contribution in [2.45, 2.75) is 11.8 Å². The summed E-state index contributed by atoms with van der Waals surface area (Å²) in [6.07, 6.45) is 3.25. The number of hydrogen-bond acceptors (Lipinski definition) is 4. The van der Waals surface area contributed by atoms with Crippen LogP contribution in [0.1, 0.15) is 5.56 Å². The Morgan fingerprint density at radius 3 is 2.37 bits per heavy atom. The second-order valence-electron chi connectivity index (χ2n) is 6.59. The molecule has 0 aliphatic heterocycles. The topological polar surface area (TPSA) is 72.2 Å². The van der Waals surface area contributed by atoms with E-state index in [1.807, 2.05) is 20.8 Å². The third kappa shape index (κ3) is 3.00. The summed E-state index contributed by atoms with van der Waals surface area (Å²) in [5, 5.41) is 10.3. The molecule has 1 N–H and O–H groups in total. The highest BCUT2D eigenvalue weighted by Gasteiger charge is 2.22. The second-order valence-corrected chi connectivity index (χ2v) is 8.40. The molecule has 0 atom stereocenters. The molecule has 134 valence electrons. The Bertz CT molecular complexity index is 1250. The minimum atomic E-state index is -3.79. The fraction of sp³-hybridized carbons (Fsp3) is 0.0500. The minimum Gasteiger partial charge on any atom is -0.508 e. The second kappa shape index (κ2) is 6.28. The third-order valence-corrected chi connectivity index (χ3v) is 6.17. The summed E-state index contributed by atoms with van der Waals surface area (Å²) in [6, 6.07) is 15.4. The van der Waals surface area contributed by atoms with Crippen LogP contribution in [0.25, 0.3) is 22.2 Å². The highest BCUT2D eigenvalue weighted by molar-refractivity contribution is 7.90. The van der Waals surface area contributed by atoms with Crippen molar-refractivity contribution in [1.29, 1.82) is 0 Å². The maximum Gasteiger partial charge on any atom is 0.269 e. The SMILES string of the molecule is Bc1cnc2c(c1)c(-c1ccc(O)cc1)cn2S(=O)(=O)c1ccc(C)cc1. The molecule has 0 amide bonds. The van der Waals surface area contributed by atoms with Crippen LogP contribution in [-0.4, -0.2) is 30.3 Å². The molecule has 4 rings (SSSR count). The molecule has 0 saturated carbocycles. The lowest BCUT2D eigenvalue weighted by atomic mass is 9.96. The molecule has 5 nitrogen and oxygen atoms in total. The summed E-state index contributed by atoms with van der Waals surface area (Å²) in [4.78, 5) is 4.60. The number of rotatable bonds is 3. The number of aryl methyl sites for hydroxylation is 1. The Morgan fingerprint density at radius 2 is 1.70 bits per heavy atom. The fourth-order valence-electron chi connectivity index (χ4n) is 3.06. The molecule has 0 spiro atoms. The Hall–Kier alpha value is -3.06. The zero-order valence-corrected chi connectivity index (χ0v) is 15.7. The van der Waals surface area contributed by atoms with Gasteiger partial charge in [0.2, 0.25) is 0 Å². The van der Waals surface area contributed by atoms with Crippen LogP contribution in [0.2, 0.25) is 0 Å². The first-order chi connectivity index (χ1) is 12.9. The number of fused-ring (bicyclic) bond motifs is 1. The van der Waals surface area contributed by atoms with Crippen molar-refractivity contribution in [2.24, 2.45) is 0 Å². The van der Waals surface area contributed by atoms with Crippen LogP contribution in [0.15, 0.2) is 71.9 Å². The summed E-state index contributed by atoms with van der Waals surface area (Å²) in [7, 11) is -1.87. The van der Waals surface area contributed by atoms with Gasteiger partial charge in [-0.25, -0.2) is 17.4 Å². The number of phenols is 1. The zero-order chi connectivity index (χ0) is 19.2. The fourth-order valence-corrected chi connectivity index (χ4v) is 4.39. The van der Waals surface area contributed by atoms with Crippen LogP contribution in [0.4, 0.5) is 0 Å². The van der Waals surface area contributed by atoms with Crippen LogP contribution in [-0.2, 0) is 10.0 Å². The number of pyridine rings is 1. The van der Waals surface area contributed by atoms with E-state index in [2.05, 4.69) is 4.98 Å². The van der Waals surface area contributed by atoms with E-state index in [0.717, 1.165) is 27.5 Å². The number of aromatic nitrogens is 2. The van der Waals surface area contributed by atoms with Gasteiger partial charge in [-0.1, -0.05) is 41.4 Å². The van der Waals surface area contributed by atoms with E-state index in [-0.39, 0.29) is 10.6 Å². The van der Waals surface area contributed by atoms with Gasteiger partial charge in [0.15, 0.2) is 5.65 Å². The first-order valence-electron chi connectivity index (χ1n) is 8.45. The quantitative estimate of drug-likeness (QED) is 0.557. The van der Waals surface area contributed by atoms with Crippen molar-refractivity contribution in [3.63, 3.8) is 0 Å². The molecular weight excluding hydrogens is 359 g/mol. The van der Waals surface area contributed by atoms with Crippen molar-refractivity contribution in [2.75, 3.05) is 0 Å². The first-order valence-corrected chi connectivity index (χ1v) is 9.89. The number of aromatic hydroxyl groups is 1. The number of phenolic OH excluding ortho intramolecular Hbond substituents is 1. The average Bonchev–Trinajstić information content (AvgIpc) is 3.02. The molecule has 2 aromatic heterocycles. The van der Waals surface area contributed by atoms with Gasteiger partial charge in [0.05, 0.1) is 4.90 Å². The van der Waals surface area contributed by atoms with E-state index in [0.29, 0.717) is 5.65 Å². The van der Waals surface area contributed by atoms with Crippen LogP contribution in [0, 0.1) is 6.92 Å². The molecule has 2 heterocycles. The molecule has 2 aromatic carbocycles. The van der Waals surface area contributed by atoms with E-state index in [1.165, 1.54) is 3.97 Å². The molecule has 0 radical (unpaired) electrons. The summed E-state index contributed by atoms with van der Waals surface area (Å²) >= 11 is 0. The molecule has 0 bridgehead atoms. The van der Waals surface area contributed by atoms with Crippen molar-refractivity contribution in [1.82, 2.24) is 8.96 Å². The summed E-state index contributed by atoms with van der Waals surface area (Å²) < 4.78 is 27.7. The maximum absolute atomic E-state index is 13.2. The highest BCUT2D eigenvalue weighted by Crippen LogP contribution is 2.32. The summed E-state index contributed by atoms with van der Waals surface area (Å²) in [5.41, 5.74) is 3.86. The van der Waals surface area contributed by atoms with Gasteiger partial charge in [-0.3, -0.25) is 0 Å². The van der Waals surface area contributed by atoms with Gasteiger partial charge in [-0.2, -0.15) is 0 Å². The Balaban J connectivity index is 1.99. The normalized spacial score (nSPS) is 11.7. The van der Waals surface area contributed by atoms with Gasteiger partial charge >= 0.3 is 0 Å². The van der Waals surface area contributed by atoms with Crippen LogP contribution < -0.4 is 5.46 Å².